The number of allylic oxidation sites excluding steroid dienone is 19. The molecule has 0 heterocycles. The van der Waals surface area contributed by atoms with Crippen molar-refractivity contribution in [2.45, 2.75) is 166 Å². The predicted molar refractivity (Wildman–Crippen MR) is 338 cm³/mol. The van der Waals surface area contributed by atoms with E-state index in [1.165, 1.54) is 48.0 Å². The second-order valence-electron chi connectivity index (χ2n) is 23.4. The van der Waals surface area contributed by atoms with Gasteiger partial charge in [0.05, 0.1) is 72.7 Å². The van der Waals surface area contributed by atoms with Crippen molar-refractivity contribution in [3.8, 4) is 0 Å². The van der Waals surface area contributed by atoms with Gasteiger partial charge in [-0.25, -0.2) is 0 Å². The van der Waals surface area contributed by atoms with Gasteiger partial charge in [-0.2, -0.15) is 0 Å². The number of rotatable bonds is 46. The van der Waals surface area contributed by atoms with E-state index < -0.39 is 5.92 Å². The van der Waals surface area contributed by atoms with Gasteiger partial charge in [0.2, 0.25) is 17.7 Å². The van der Waals surface area contributed by atoms with Crippen molar-refractivity contribution in [1.82, 2.24) is 16.0 Å². The van der Waals surface area contributed by atoms with Gasteiger partial charge in [0.1, 0.15) is 0 Å². The molecule has 0 aromatic heterocycles. The van der Waals surface area contributed by atoms with E-state index in [2.05, 4.69) is 115 Å². The first-order chi connectivity index (χ1) is 39.8. The van der Waals surface area contributed by atoms with Crippen LogP contribution in [0.2, 0.25) is 0 Å². The first-order valence-electron chi connectivity index (χ1n) is 31.1. The van der Waals surface area contributed by atoms with Gasteiger partial charge in [-0.1, -0.05) is 124 Å². The van der Waals surface area contributed by atoms with E-state index in [-0.39, 0.29) is 47.2 Å². The summed E-state index contributed by atoms with van der Waals surface area (Å²) in [4.78, 5) is 51.9. The monoisotopic (exact) mass is 1160 g/mol. The number of amides is 3. The Balaban J connectivity index is 1.74. The van der Waals surface area contributed by atoms with Crippen molar-refractivity contribution in [1.29, 1.82) is 0 Å². The summed E-state index contributed by atoms with van der Waals surface area (Å²) in [5.41, 5.74) is 10.1. The Kier molecular flexibility index (Phi) is 40.8. The molecule has 0 radical (unpaired) electrons. The molecular weight excluding hydrogens is 1050 g/mol. The Morgan fingerprint density at radius 3 is 1.42 bits per heavy atom. The normalized spacial score (nSPS) is 16.8. The van der Waals surface area contributed by atoms with Gasteiger partial charge in [0.25, 0.3) is 0 Å². The van der Waals surface area contributed by atoms with Crippen LogP contribution in [-0.2, 0) is 52.3 Å². The Morgan fingerprint density at radius 2 is 0.940 bits per heavy atom. The summed E-state index contributed by atoms with van der Waals surface area (Å²) in [6, 6.07) is 0. The van der Waals surface area contributed by atoms with Gasteiger partial charge >= 0.3 is 0 Å². The molecule has 2 rings (SSSR count). The number of ketones is 1. The molecule has 14 nitrogen and oxygen atoms in total. The standard InChI is InChI=1S/C69H111N3O11/c1-12-38-77-42-46-81-50-51-83-49-45-80-41-32-65(74)70-36-19-39-78-43-47-82-48-44-79-40-20-37-72-67(76)61(54-62(73)52-57(4)23-15-21-55(2)28-30-63-59(6)25-17-33-68(63,8)9)27-13-14-35-71-66(75)53-58(5)24-16-22-56(3)29-31-64-60(7)26-18-34-69(64,10)11/h15-16,21-24,28-31,52-53,61H,12-14,17-20,25-27,32-51,54H2,1-11H3,(H,70,74)(H,71,75)(H,72,76)/b23-15+,24-16+,30-28+,31-29+,55-21+,56-22+,57-52+,58-53+/t61-/m1/s1. The lowest BCUT2D eigenvalue weighted by Gasteiger charge is -2.33. The molecule has 0 aromatic carbocycles. The third-order valence-corrected chi connectivity index (χ3v) is 14.6. The van der Waals surface area contributed by atoms with Crippen LogP contribution in [0, 0.1) is 16.7 Å². The molecule has 3 amide bonds. The average molecular weight is 1160 g/mol. The van der Waals surface area contributed by atoms with Gasteiger partial charge in [-0.3, -0.25) is 19.2 Å². The quantitative estimate of drug-likeness (QED) is 0.0301. The molecule has 0 fully saturated rings. The molecular formula is C69H111N3O11. The summed E-state index contributed by atoms with van der Waals surface area (Å²) in [6.45, 7) is 32.0. The maximum absolute atomic E-state index is 13.6. The molecule has 83 heavy (non-hydrogen) atoms. The van der Waals surface area contributed by atoms with Gasteiger partial charge in [-0.05, 0) is 151 Å². The molecule has 0 saturated heterocycles. The summed E-state index contributed by atoms with van der Waals surface area (Å²) in [5.74, 6) is -1.00. The van der Waals surface area contributed by atoms with E-state index in [0.717, 1.165) is 48.2 Å². The van der Waals surface area contributed by atoms with E-state index in [9.17, 15) is 19.2 Å². The minimum Gasteiger partial charge on any atom is -0.379 e. The Morgan fingerprint density at radius 1 is 0.506 bits per heavy atom. The molecule has 14 heteroatoms. The maximum Gasteiger partial charge on any atom is 0.244 e. The molecule has 0 spiro atoms. The van der Waals surface area contributed by atoms with E-state index >= 15 is 0 Å². The first-order valence-corrected chi connectivity index (χ1v) is 31.1. The SMILES string of the molecule is CCCOCCOCCOCCOCCC(=O)NCCCOCCOCCOCCCNC(=O)[C@H](CCCCNC(=O)/C=C(C)/C=C/C=C(C)/C=C/C1=C(C)CCCC1(C)C)CC(=O)/C=C(C)/C=C/C=C(C)/C=C/C1=C(C)CCCC1(C)C. The molecule has 0 aromatic rings. The molecule has 2 aliphatic carbocycles. The van der Waals surface area contributed by atoms with Crippen molar-refractivity contribution in [2.24, 2.45) is 16.7 Å². The van der Waals surface area contributed by atoms with Gasteiger partial charge in [0, 0.05) is 64.3 Å². The highest BCUT2D eigenvalue weighted by Crippen LogP contribution is 2.42. The minimum atomic E-state index is -0.510. The summed E-state index contributed by atoms with van der Waals surface area (Å²) < 4.78 is 38.7. The molecule has 0 aliphatic heterocycles. The zero-order valence-electron chi connectivity index (χ0n) is 53.4. The number of unbranched alkanes of at least 4 members (excludes halogenated alkanes) is 1. The van der Waals surface area contributed by atoms with Crippen LogP contribution in [-0.4, -0.2) is 136 Å². The van der Waals surface area contributed by atoms with E-state index in [1.807, 2.05) is 38.2 Å². The predicted octanol–water partition coefficient (Wildman–Crippen LogP) is 12.8. The lowest BCUT2D eigenvalue weighted by atomic mass is 9.72. The minimum absolute atomic E-state index is 0.0630. The fraction of sp³-hybridized carbons (Fsp3) is 0.652. The van der Waals surface area contributed by atoms with Crippen LogP contribution in [0.5, 0.6) is 0 Å². The number of nitrogens with one attached hydrogen (secondary N) is 3. The molecule has 1 atom stereocenters. The fourth-order valence-corrected chi connectivity index (χ4v) is 9.86. The molecule has 0 saturated carbocycles. The van der Waals surface area contributed by atoms with E-state index in [1.54, 1.807) is 12.2 Å². The third-order valence-electron chi connectivity index (χ3n) is 14.6. The lowest BCUT2D eigenvalue weighted by molar-refractivity contribution is -0.128. The van der Waals surface area contributed by atoms with Crippen LogP contribution in [0.25, 0.3) is 0 Å². The highest BCUT2D eigenvalue weighted by Gasteiger charge is 2.27. The summed E-state index contributed by atoms with van der Waals surface area (Å²) >= 11 is 0. The van der Waals surface area contributed by atoms with Gasteiger partial charge in [-0.15, -0.1) is 0 Å². The second kappa shape index (κ2) is 45.6. The number of carbonyl (C=O) groups is 4. The zero-order valence-corrected chi connectivity index (χ0v) is 53.4. The maximum atomic E-state index is 13.6. The largest absolute Gasteiger partial charge is 0.379 e. The summed E-state index contributed by atoms with van der Waals surface area (Å²) in [6.07, 6.45) is 35.7. The topological polar surface area (TPSA) is 169 Å². The Hall–Kier alpha value is -4.80. The third kappa shape index (κ3) is 37.3. The van der Waals surface area contributed by atoms with Gasteiger partial charge < -0.3 is 49.1 Å². The van der Waals surface area contributed by atoms with Crippen LogP contribution in [0.15, 0.2) is 117 Å². The van der Waals surface area contributed by atoms with E-state index in [4.69, 9.17) is 33.2 Å². The van der Waals surface area contributed by atoms with E-state index in [0.29, 0.717) is 138 Å². The summed E-state index contributed by atoms with van der Waals surface area (Å²) in [7, 11) is 0. The number of hydrogen-bond donors (Lipinski definition) is 3. The van der Waals surface area contributed by atoms with Crippen LogP contribution in [0.3, 0.4) is 0 Å². The van der Waals surface area contributed by atoms with Crippen LogP contribution in [0.1, 0.15) is 166 Å². The molecule has 2 aliphatic rings. The van der Waals surface area contributed by atoms with Gasteiger partial charge in [0.15, 0.2) is 5.78 Å². The average Bonchev–Trinajstić information content (AvgIpc) is 3.62. The molecule has 0 unspecified atom stereocenters. The number of hydrogen-bond acceptors (Lipinski definition) is 11. The van der Waals surface area contributed by atoms with Crippen LogP contribution >= 0.6 is 0 Å². The van der Waals surface area contributed by atoms with Crippen molar-refractivity contribution < 1.29 is 52.3 Å². The first kappa shape index (κ1) is 74.3. The fourth-order valence-electron chi connectivity index (χ4n) is 9.86. The van der Waals surface area contributed by atoms with Crippen LogP contribution < -0.4 is 16.0 Å². The Labute approximate surface area is 502 Å². The molecule has 3 N–H and O–H groups in total. The zero-order chi connectivity index (χ0) is 61.0. The number of ether oxygens (including phenoxy) is 7. The van der Waals surface area contributed by atoms with Crippen molar-refractivity contribution >= 4 is 23.5 Å². The van der Waals surface area contributed by atoms with Crippen molar-refractivity contribution in [3.63, 3.8) is 0 Å². The van der Waals surface area contributed by atoms with Crippen LogP contribution in [0.4, 0.5) is 0 Å². The van der Waals surface area contributed by atoms with Crippen molar-refractivity contribution in [2.75, 3.05) is 112 Å². The smallest absolute Gasteiger partial charge is 0.244 e. The number of carbonyl (C=O) groups excluding carboxylic acids is 4. The summed E-state index contributed by atoms with van der Waals surface area (Å²) in [5, 5.41) is 8.89. The highest BCUT2D eigenvalue weighted by atomic mass is 16.6. The second-order valence-corrected chi connectivity index (χ2v) is 23.4. The van der Waals surface area contributed by atoms with Crippen molar-refractivity contribution in [3.05, 3.63) is 117 Å². The Bertz CT molecular complexity index is 2220. The molecule has 468 valence electrons. The lowest BCUT2D eigenvalue weighted by Crippen LogP contribution is -2.33. The highest BCUT2D eigenvalue weighted by molar-refractivity contribution is 5.94. The molecule has 0 bridgehead atoms.